The van der Waals surface area contributed by atoms with E-state index in [4.69, 9.17) is 11.6 Å². The molecule has 0 aliphatic rings. The molecule has 0 saturated heterocycles. The van der Waals surface area contributed by atoms with Gasteiger partial charge >= 0.3 is 6.18 Å². The number of hydrogen-bond acceptors (Lipinski definition) is 6. The van der Waals surface area contributed by atoms with Crippen molar-refractivity contribution >= 4 is 17.3 Å². The highest BCUT2D eigenvalue weighted by molar-refractivity contribution is 6.32. The fourth-order valence-corrected chi connectivity index (χ4v) is 2.25. The van der Waals surface area contributed by atoms with Crippen molar-refractivity contribution in [3.8, 4) is 5.82 Å². The normalized spacial score (nSPS) is 11.5. The summed E-state index contributed by atoms with van der Waals surface area (Å²) in [5.41, 5.74) is -1.34. The lowest BCUT2D eigenvalue weighted by Crippen LogP contribution is -2.24. The highest BCUT2D eigenvalue weighted by Crippen LogP contribution is 2.28. The maximum Gasteiger partial charge on any atom is 0.417 e. The van der Waals surface area contributed by atoms with Gasteiger partial charge in [-0.25, -0.2) is 4.98 Å². The molecule has 0 bridgehead atoms. The zero-order valence-corrected chi connectivity index (χ0v) is 13.7. The molecule has 0 fully saturated rings. The molecular formula is C14H11ClF3N7O. The molecule has 0 spiro atoms. The van der Waals surface area contributed by atoms with Gasteiger partial charge in [0.25, 0.3) is 5.56 Å². The van der Waals surface area contributed by atoms with Gasteiger partial charge in [-0.3, -0.25) is 9.48 Å². The SMILES string of the molecule is O=c1c(Cl)c(NCCn2ccnn2)cnn1-c1ccc(C(F)(F)F)cn1. The molecule has 0 aromatic carbocycles. The second kappa shape index (κ2) is 7.12. The Morgan fingerprint density at radius 3 is 2.65 bits per heavy atom. The minimum absolute atomic E-state index is 0.0703. The predicted octanol–water partition coefficient (Wildman–Crippen LogP) is 2.00. The van der Waals surface area contributed by atoms with Crippen LogP contribution in [-0.4, -0.2) is 36.3 Å². The van der Waals surface area contributed by atoms with Crippen LogP contribution in [0.5, 0.6) is 0 Å². The summed E-state index contributed by atoms with van der Waals surface area (Å²) >= 11 is 6.03. The van der Waals surface area contributed by atoms with Gasteiger partial charge in [-0.2, -0.15) is 23.0 Å². The highest BCUT2D eigenvalue weighted by atomic mass is 35.5. The lowest BCUT2D eigenvalue weighted by molar-refractivity contribution is -0.137. The third-order valence-corrected chi connectivity index (χ3v) is 3.70. The van der Waals surface area contributed by atoms with Crippen molar-refractivity contribution in [3.63, 3.8) is 0 Å². The minimum atomic E-state index is -4.51. The summed E-state index contributed by atoms with van der Waals surface area (Å²) < 4.78 is 40.1. The topological polar surface area (TPSA) is 90.5 Å². The van der Waals surface area contributed by atoms with Crippen molar-refractivity contribution in [2.45, 2.75) is 12.7 Å². The van der Waals surface area contributed by atoms with Gasteiger partial charge in [-0.1, -0.05) is 16.8 Å². The Labute approximate surface area is 149 Å². The van der Waals surface area contributed by atoms with E-state index in [2.05, 4.69) is 25.7 Å². The number of nitrogens with one attached hydrogen (secondary N) is 1. The Hall–Kier alpha value is -2.95. The number of anilines is 1. The van der Waals surface area contributed by atoms with Crippen LogP contribution in [0.15, 0.2) is 41.7 Å². The van der Waals surface area contributed by atoms with Crippen LogP contribution in [0.25, 0.3) is 5.82 Å². The highest BCUT2D eigenvalue weighted by Gasteiger charge is 2.30. The van der Waals surface area contributed by atoms with Crippen molar-refractivity contribution in [1.29, 1.82) is 0 Å². The Kier molecular flexibility index (Phi) is 4.89. The van der Waals surface area contributed by atoms with E-state index >= 15 is 0 Å². The summed E-state index contributed by atoms with van der Waals surface area (Å²) in [4.78, 5) is 15.9. The minimum Gasteiger partial charge on any atom is -0.381 e. The van der Waals surface area contributed by atoms with Gasteiger partial charge in [0.2, 0.25) is 0 Å². The second-order valence-electron chi connectivity index (χ2n) is 5.08. The van der Waals surface area contributed by atoms with Crippen LogP contribution in [0.1, 0.15) is 5.56 Å². The molecule has 3 rings (SSSR count). The number of nitrogens with zero attached hydrogens (tertiary/aromatic N) is 6. The lowest BCUT2D eigenvalue weighted by atomic mass is 10.3. The molecule has 1 N–H and O–H groups in total. The zero-order chi connectivity index (χ0) is 18.7. The molecule has 0 atom stereocenters. The summed E-state index contributed by atoms with van der Waals surface area (Å²) in [7, 11) is 0. The van der Waals surface area contributed by atoms with Crippen LogP contribution in [0, 0.1) is 0 Å². The smallest absolute Gasteiger partial charge is 0.381 e. The maximum absolute atomic E-state index is 12.6. The first-order valence-corrected chi connectivity index (χ1v) is 7.63. The van der Waals surface area contributed by atoms with E-state index in [1.54, 1.807) is 10.9 Å². The zero-order valence-electron chi connectivity index (χ0n) is 13.0. The van der Waals surface area contributed by atoms with Gasteiger partial charge in [-0.05, 0) is 12.1 Å². The second-order valence-corrected chi connectivity index (χ2v) is 5.46. The molecule has 12 heteroatoms. The van der Waals surface area contributed by atoms with E-state index in [1.165, 1.54) is 12.4 Å². The Morgan fingerprint density at radius 2 is 2.04 bits per heavy atom. The Morgan fingerprint density at radius 1 is 1.23 bits per heavy atom. The molecule has 3 heterocycles. The number of rotatable bonds is 5. The van der Waals surface area contributed by atoms with E-state index in [0.29, 0.717) is 25.0 Å². The number of aromatic nitrogens is 6. The molecule has 0 aliphatic heterocycles. The van der Waals surface area contributed by atoms with Crippen molar-refractivity contribution in [3.05, 3.63) is 57.9 Å². The van der Waals surface area contributed by atoms with Crippen molar-refractivity contribution in [2.75, 3.05) is 11.9 Å². The van der Waals surface area contributed by atoms with Crippen molar-refractivity contribution in [2.24, 2.45) is 0 Å². The first kappa shape index (κ1) is 17.9. The van der Waals surface area contributed by atoms with Gasteiger partial charge in [0, 0.05) is 18.9 Å². The van der Waals surface area contributed by atoms with Crippen LogP contribution in [-0.2, 0) is 12.7 Å². The maximum atomic E-state index is 12.6. The molecule has 136 valence electrons. The van der Waals surface area contributed by atoms with Gasteiger partial charge in [0.15, 0.2) is 5.82 Å². The third kappa shape index (κ3) is 3.82. The fraction of sp³-hybridized carbons (Fsp3) is 0.214. The van der Waals surface area contributed by atoms with E-state index in [0.717, 1.165) is 16.8 Å². The van der Waals surface area contributed by atoms with Crippen LogP contribution in [0.2, 0.25) is 5.02 Å². The average Bonchev–Trinajstić information content (AvgIpc) is 3.12. The Bertz CT molecular complexity index is 939. The third-order valence-electron chi connectivity index (χ3n) is 3.34. The van der Waals surface area contributed by atoms with Crippen LogP contribution in [0.4, 0.5) is 18.9 Å². The molecule has 0 radical (unpaired) electrons. The molecule has 8 nitrogen and oxygen atoms in total. The number of halogens is 4. The number of alkyl halides is 3. The quantitative estimate of drug-likeness (QED) is 0.722. The standard InChI is InChI=1S/C14H11ClF3N7O/c15-12-10(19-3-5-24-6-4-21-23-24)8-22-25(13(12)26)11-2-1-9(7-20-11)14(16,17)18/h1-2,4,6-8,19H,3,5H2. The van der Waals surface area contributed by atoms with Gasteiger partial charge in [0.1, 0.15) is 5.02 Å². The molecule has 0 unspecified atom stereocenters. The lowest BCUT2D eigenvalue weighted by Gasteiger charge is -2.10. The van der Waals surface area contributed by atoms with Crippen LogP contribution < -0.4 is 10.9 Å². The monoisotopic (exact) mass is 385 g/mol. The summed E-state index contributed by atoms with van der Waals surface area (Å²) in [5, 5.41) is 14.1. The van der Waals surface area contributed by atoms with Gasteiger partial charge < -0.3 is 5.32 Å². The summed E-state index contributed by atoms with van der Waals surface area (Å²) in [6.45, 7) is 0.895. The molecular weight excluding hydrogens is 375 g/mol. The number of hydrogen-bond donors (Lipinski definition) is 1. The largest absolute Gasteiger partial charge is 0.417 e. The van der Waals surface area contributed by atoms with Gasteiger partial charge in [-0.15, -0.1) is 5.10 Å². The number of pyridine rings is 1. The average molecular weight is 386 g/mol. The molecule has 3 aromatic rings. The molecule has 0 aliphatic carbocycles. The van der Waals surface area contributed by atoms with Gasteiger partial charge in [0.05, 0.1) is 30.2 Å². The van der Waals surface area contributed by atoms with Crippen LogP contribution >= 0.6 is 11.6 Å². The first-order valence-electron chi connectivity index (χ1n) is 7.25. The molecule has 0 saturated carbocycles. The van der Waals surface area contributed by atoms with Crippen molar-refractivity contribution < 1.29 is 13.2 Å². The fourth-order valence-electron chi connectivity index (χ4n) is 2.06. The van der Waals surface area contributed by atoms with E-state index in [9.17, 15) is 18.0 Å². The first-order chi connectivity index (χ1) is 12.4. The molecule has 26 heavy (non-hydrogen) atoms. The molecule has 3 aromatic heterocycles. The van der Waals surface area contributed by atoms with E-state index in [1.807, 2.05) is 0 Å². The summed E-state index contributed by atoms with van der Waals surface area (Å²) in [5.74, 6) is -0.0703. The summed E-state index contributed by atoms with van der Waals surface area (Å²) in [6.07, 6.45) is 0.619. The van der Waals surface area contributed by atoms with E-state index in [-0.39, 0.29) is 10.8 Å². The summed E-state index contributed by atoms with van der Waals surface area (Å²) in [6, 6.07) is 1.86. The molecule has 0 amide bonds. The van der Waals surface area contributed by atoms with E-state index < -0.39 is 17.3 Å². The van der Waals surface area contributed by atoms with Crippen LogP contribution in [0.3, 0.4) is 0 Å². The predicted molar refractivity (Wildman–Crippen MR) is 86.2 cm³/mol. The Balaban J connectivity index is 1.77. The van der Waals surface area contributed by atoms with Crippen molar-refractivity contribution in [1.82, 2.24) is 29.8 Å².